The van der Waals surface area contributed by atoms with Crippen LogP contribution in [0.15, 0.2) is 36.4 Å². The summed E-state index contributed by atoms with van der Waals surface area (Å²) in [6.07, 6.45) is 3.66. The van der Waals surface area contributed by atoms with E-state index in [1.54, 1.807) is 31.2 Å². The number of nitrogens with one attached hydrogen (secondary N) is 3. The molecule has 1 atom stereocenters. The lowest BCUT2D eigenvalue weighted by Crippen LogP contribution is -2.49. The van der Waals surface area contributed by atoms with Crippen LogP contribution in [-0.2, 0) is 35.3 Å². The molecule has 0 saturated carbocycles. The summed E-state index contributed by atoms with van der Waals surface area (Å²) in [7, 11) is 0. The largest absolute Gasteiger partial charge is 0.461 e. The van der Waals surface area contributed by atoms with Crippen molar-refractivity contribution in [1.29, 1.82) is 0 Å². The third kappa shape index (κ3) is 8.49. The SMILES string of the molecule is CCC(=O)NC(CCCCN1C(=O)C=CC1=O)C(=O)NC(=O)Nc1ccc(COC(C)=O)cc1. The second-order valence-corrected chi connectivity index (χ2v) is 7.55. The first-order valence-electron chi connectivity index (χ1n) is 10.9. The highest BCUT2D eigenvalue weighted by molar-refractivity contribution is 6.12. The van der Waals surface area contributed by atoms with Gasteiger partial charge in [0.05, 0.1) is 0 Å². The summed E-state index contributed by atoms with van der Waals surface area (Å²) in [5.74, 6) is -2.19. The molecular weight excluding hydrogens is 444 g/mol. The van der Waals surface area contributed by atoms with Crippen LogP contribution in [0, 0.1) is 0 Å². The Morgan fingerprint density at radius 2 is 1.65 bits per heavy atom. The maximum atomic E-state index is 12.6. The predicted molar refractivity (Wildman–Crippen MR) is 121 cm³/mol. The van der Waals surface area contributed by atoms with Gasteiger partial charge in [0.25, 0.3) is 17.7 Å². The molecule has 11 heteroatoms. The normalized spacial score (nSPS) is 13.4. The number of imide groups is 2. The molecule has 1 aliphatic heterocycles. The minimum absolute atomic E-state index is 0.107. The number of urea groups is 1. The number of esters is 1. The fourth-order valence-electron chi connectivity index (χ4n) is 3.07. The number of amides is 6. The maximum Gasteiger partial charge on any atom is 0.325 e. The highest BCUT2D eigenvalue weighted by Crippen LogP contribution is 2.11. The van der Waals surface area contributed by atoms with Crippen molar-refractivity contribution in [3.8, 4) is 0 Å². The molecule has 1 aliphatic rings. The molecule has 6 amide bonds. The van der Waals surface area contributed by atoms with Gasteiger partial charge >= 0.3 is 12.0 Å². The Morgan fingerprint density at radius 1 is 1.00 bits per heavy atom. The fraction of sp³-hybridized carbons (Fsp3) is 0.391. The smallest absolute Gasteiger partial charge is 0.325 e. The van der Waals surface area contributed by atoms with E-state index in [1.807, 2.05) is 0 Å². The molecule has 1 aromatic carbocycles. The van der Waals surface area contributed by atoms with Gasteiger partial charge in [-0.2, -0.15) is 0 Å². The van der Waals surface area contributed by atoms with Crippen LogP contribution in [0.5, 0.6) is 0 Å². The second kappa shape index (κ2) is 12.9. The van der Waals surface area contributed by atoms with Gasteiger partial charge in [-0.3, -0.25) is 34.2 Å². The number of hydrogen-bond donors (Lipinski definition) is 3. The molecule has 0 radical (unpaired) electrons. The van der Waals surface area contributed by atoms with Crippen molar-refractivity contribution in [1.82, 2.24) is 15.5 Å². The Kier molecular flexibility index (Phi) is 9.93. The van der Waals surface area contributed by atoms with E-state index in [-0.39, 0.29) is 43.7 Å². The van der Waals surface area contributed by atoms with Gasteiger partial charge in [-0.1, -0.05) is 19.1 Å². The van der Waals surface area contributed by atoms with Crippen LogP contribution in [0.2, 0.25) is 0 Å². The van der Waals surface area contributed by atoms with Gasteiger partial charge in [0.2, 0.25) is 5.91 Å². The first-order chi connectivity index (χ1) is 16.2. The molecule has 11 nitrogen and oxygen atoms in total. The molecule has 0 fully saturated rings. The molecule has 0 aromatic heterocycles. The van der Waals surface area contributed by atoms with E-state index in [0.717, 1.165) is 10.5 Å². The van der Waals surface area contributed by atoms with Gasteiger partial charge in [0, 0.05) is 37.7 Å². The van der Waals surface area contributed by atoms with Crippen LogP contribution in [0.4, 0.5) is 10.5 Å². The van der Waals surface area contributed by atoms with E-state index in [1.165, 1.54) is 19.1 Å². The number of anilines is 1. The van der Waals surface area contributed by atoms with Crippen molar-refractivity contribution >= 4 is 41.3 Å². The Balaban J connectivity index is 1.85. The van der Waals surface area contributed by atoms with E-state index < -0.39 is 23.9 Å². The predicted octanol–water partition coefficient (Wildman–Crippen LogP) is 1.39. The molecule has 34 heavy (non-hydrogen) atoms. The summed E-state index contributed by atoms with van der Waals surface area (Å²) in [5, 5.41) is 7.31. The summed E-state index contributed by atoms with van der Waals surface area (Å²) in [4.78, 5) is 71.8. The van der Waals surface area contributed by atoms with Gasteiger partial charge in [-0.25, -0.2) is 4.79 Å². The topological polar surface area (TPSA) is 151 Å². The molecule has 1 unspecified atom stereocenters. The van der Waals surface area contributed by atoms with Crippen LogP contribution in [0.3, 0.4) is 0 Å². The van der Waals surface area contributed by atoms with Gasteiger partial charge in [-0.15, -0.1) is 0 Å². The average molecular weight is 472 g/mol. The molecule has 182 valence electrons. The maximum absolute atomic E-state index is 12.6. The van der Waals surface area contributed by atoms with Gasteiger partial charge in [0.1, 0.15) is 12.6 Å². The van der Waals surface area contributed by atoms with Crippen LogP contribution in [0.1, 0.15) is 45.1 Å². The number of unbranched alkanes of at least 4 members (excludes halogenated alkanes) is 1. The molecule has 0 aliphatic carbocycles. The monoisotopic (exact) mass is 472 g/mol. The van der Waals surface area contributed by atoms with Crippen LogP contribution in [0.25, 0.3) is 0 Å². The zero-order chi connectivity index (χ0) is 25.1. The number of nitrogens with zero attached hydrogens (tertiary/aromatic N) is 1. The van der Waals surface area contributed by atoms with E-state index in [4.69, 9.17) is 4.74 Å². The van der Waals surface area contributed by atoms with E-state index in [9.17, 15) is 28.8 Å². The van der Waals surface area contributed by atoms with Gasteiger partial charge < -0.3 is 15.4 Å². The number of carbonyl (C=O) groups is 6. The highest BCUT2D eigenvalue weighted by Gasteiger charge is 2.24. The van der Waals surface area contributed by atoms with Gasteiger partial charge in [0.15, 0.2) is 0 Å². The molecule has 0 spiro atoms. The highest BCUT2D eigenvalue weighted by atomic mass is 16.5. The van der Waals surface area contributed by atoms with Crippen molar-refractivity contribution < 1.29 is 33.5 Å². The molecule has 2 rings (SSSR count). The summed E-state index contributed by atoms with van der Waals surface area (Å²) in [6, 6.07) is 4.79. The quantitative estimate of drug-likeness (QED) is 0.250. The number of hydrogen-bond acceptors (Lipinski definition) is 7. The molecular formula is C23H28N4O7. The zero-order valence-electron chi connectivity index (χ0n) is 19.1. The van der Waals surface area contributed by atoms with Crippen molar-refractivity contribution in [2.75, 3.05) is 11.9 Å². The van der Waals surface area contributed by atoms with E-state index in [2.05, 4.69) is 16.0 Å². The molecule has 1 heterocycles. The lowest BCUT2D eigenvalue weighted by atomic mass is 10.1. The third-order valence-corrected chi connectivity index (χ3v) is 4.89. The average Bonchev–Trinajstić information content (AvgIpc) is 3.12. The summed E-state index contributed by atoms with van der Waals surface area (Å²) >= 11 is 0. The Morgan fingerprint density at radius 3 is 2.24 bits per heavy atom. The number of benzene rings is 1. The molecule has 1 aromatic rings. The fourth-order valence-corrected chi connectivity index (χ4v) is 3.07. The van der Waals surface area contributed by atoms with E-state index in [0.29, 0.717) is 18.5 Å². The lowest BCUT2D eigenvalue weighted by Gasteiger charge is -2.19. The van der Waals surface area contributed by atoms with Crippen molar-refractivity contribution in [2.45, 2.75) is 52.2 Å². The minimum Gasteiger partial charge on any atom is -0.461 e. The molecule has 0 saturated heterocycles. The minimum atomic E-state index is -0.951. The van der Waals surface area contributed by atoms with E-state index >= 15 is 0 Å². The van der Waals surface area contributed by atoms with Crippen molar-refractivity contribution in [2.24, 2.45) is 0 Å². The second-order valence-electron chi connectivity index (χ2n) is 7.55. The number of ether oxygens (including phenoxy) is 1. The first-order valence-corrected chi connectivity index (χ1v) is 10.9. The Bertz CT molecular complexity index is 954. The molecule has 0 bridgehead atoms. The van der Waals surface area contributed by atoms with Gasteiger partial charge in [-0.05, 0) is 37.0 Å². The van der Waals surface area contributed by atoms with Crippen LogP contribution >= 0.6 is 0 Å². The number of carbonyl (C=O) groups excluding carboxylic acids is 6. The lowest BCUT2D eigenvalue weighted by molar-refractivity contribution is -0.142. The Hall–Kier alpha value is -4.02. The third-order valence-electron chi connectivity index (χ3n) is 4.89. The first kappa shape index (κ1) is 26.2. The van der Waals surface area contributed by atoms with Crippen LogP contribution in [-0.4, -0.2) is 53.1 Å². The summed E-state index contributed by atoms with van der Waals surface area (Å²) < 4.78 is 4.89. The van der Waals surface area contributed by atoms with Crippen molar-refractivity contribution in [3.05, 3.63) is 42.0 Å². The van der Waals surface area contributed by atoms with Crippen molar-refractivity contribution in [3.63, 3.8) is 0 Å². The summed E-state index contributed by atoms with van der Waals surface area (Å²) in [6.45, 7) is 3.25. The molecule has 3 N–H and O–H groups in total. The Labute approximate surface area is 196 Å². The summed E-state index contributed by atoms with van der Waals surface area (Å²) in [5.41, 5.74) is 1.15. The standard InChI is InChI=1S/C23H28N4O7/c1-3-19(29)25-18(6-4-5-13-27-20(30)11-12-21(27)31)22(32)26-23(33)24-17-9-7-16(8-10-17)14-34-15(2)28/h7-12,18H,3-6,13-14H2,1-2H3,(H,25,29)(H2,24,26,32,33). The van der Waals surface area contributed by atoms with Crippen LogP contribution < -0.4 is 16.0 Å². The zero-order valence-corrected chi connectivity index (χ0v) is 19.1. The number of rotatable bonds is 11.